The zero-order chi connectivity index (χ0) is 21.0. The van der Waals surface area contributed by atoms with Gasteiger partial charge in [0.25, 0.3) is 0 Å². The molecule has 7 nitrogen and oxygen atoms in total. The van der Waals surface area contributed by atoms with Crippen LogP contribution < -0.4 is 5.32 Å². The maximum Gasteiger partial charge on any atom is 0.328 e. The number of benzene rings is 1. The second kappa shape index (κ2) is 9.25. The number of aromatic nitrogens is 2. The van der Waals surface area contributed by atoms with Crippen molar-refractivity contribution >= 4 is 23.8 Å². The normalized spacial score (nSPS) is 16.8. The number of H-pyrrole nitrogens is 1. The van der Waals surface area contributed by atoms with Crippen LogP contribution in [0, 0.1) is 11.6 Å². The molecule has 2 aromatic rings. The third-order valence-electron chi connectivity index (χ3n) is 4.86. The fraction of sp³-hybridized carbons (Fsp3) is 0.421. The molecule has 156 valence electrons. The lowest BCUT2D eigenvalue weighted by atomic mass is 9.95. The summed E-state index contributed by atoms with van der Waals surface area (Å²) in [5.41, 5.74) is 1.22. The first-order valence-electron chi connectivity index (χ1n) is 9.07. The van der Waals surface area contributed by atoms with Crippen LogP contribution in [0.2, 0.25) is 0 Å². The average molecular weight is 424 g/mol. The van der Waals surface area contributed by atoms with Gasteiger partial charge in [-0.25, -0.2) is 23.4 Å². The molecular weight excluding hydrogens is 402 g/mol. The minimum Gasteiger partial charge on any atom is -0.467 e. The molecule has 0 radical (unpaired) electrons. The summed E-state index contributed by atoms with van der Waals surface area (Å²) in [6.45, 7) is 0.248. The Kier molecular flexibility index (Phi) is 6.73. The van der Waals surface area contributed by atoms with Crippen LogP contribution in [0.1, 0.15) is 29.4 Å². The van der Waals surface area contributed by atoms with E-state index in [-0.39, 0.29) is 12.1 Å². The topological polar surface area (TPSA) is 87.3 Å². The molecule has 0 bridgehead atoms. The first-order valence-corrected chi connectivity index (χ1v) is 10.5. The fourth-order valence-corrected chi connectivity index (χ4v) is 3.87. The van der Waals surface area contributed by atoms with E-state index in [4.69, 9.17) is 4.74 Å². The Morgan fingerprint density at radius 3 is 2.97 bits per heavy atom. The van der Waals surface area contributed by atoms with E-state index in [0.717, 1.165) is 11.8 Å². The third kappa shape index (κ3) is 4.36. The van der Waals surface area contributed by atoms with Gasteiger partial charge in [-0.05, 0) is 24.5 Å². The van der Waals surface area contributed by atoms with Gasteiger partial charge in [0.2, 0.25) is 0 Å². The Balaban J connectivity index is 1.93. The highest BCUT2D eigenvalue weighted by Gasteiger charge is 2.37. The molecule has 2 heterocycles. The highest BCUT2D eigenvalue weighted by atomic mass is 32.2. The van der Waals surface area contributed by atoms with E-state index in [1.165, 1.54) is 42.2 Å². The standard InChI is InChI=1S/C19H22F2N4O3S/c1-28-18(26)14(7-9-29-2)24-19(27)25-8-6-13-16(23-10-22-13)17(25)11-4-3-5-12(20)15(11)21/h3-5,10,14,17H,6-9H2,1-2H3,(H,22,23)(H,24,27)/t14-,17+/m0/s1. The summed E-state index contributed by atoms with van der Waals surface area (Å²) >= 11 is 1.54. The van der Waals surface area contributed by atoms with E-state index in [9.17, 15) is 18.4 Å². The predicted octanol–water partition coefficient (Wildman–Crippen LogP) is 2.64. The lowest BCUT2D eigenvalue weighted by molar-refractivity contribution is -0.142. The smallest absolute Gasteiger partial charge is 0.328 e. The van der Waals surface area contributed by atoms with Crippen molar-refractivity contribution < 1.29 is 23.1 Å². The summed E-state index contributed by atoms with van der Waals surface area (Å²) in [5.74, 6) is -1.94. The monoisotopic (exact) mass is 424 g/mol. The average Bonchev–Trinajstić information content (AvgIpc) is 3.20. The fourth-order valence-electron chi connectivity index (χ4n) is 3.40. The molecule has 1 aliphatic heterocycles. The molecule has 0 saturated heterocycles. The van der Waals surface area contributed by atoms with Crippen molar-refractivity contribution in [3.8, 4) is 0 Å². The number of urea groups is 1. The first kappa shape index (κ1) is 21.1. The molecule has 2 amide bonds. The van der Waals surface area contributed by atoms with E-state index >= 15 is 0 Å². The molecule has 0 fully saturated rings. The second-order valence-corrected chi connectivity index (χ2v) is 7.55. The van der Waals surface area contributed by atoms with Gasteiger partial charge >= 0.3 is 12.0 Å². The summed E-state index contributed by atoms with van der Waals surface area (Å²) in [7, 11) is 1.25. The number of amides is 2. The van der Waals surface area contributed by atoms with Crippen LogP contribution in [0.5, 0.6) is 0 Å². The highest BCUT2D eigenvalue weighted by molar-refractivity contribution is 7.98. The number of methoxy groups -OCH3 is 1. The molecule has 0 spiro atoms. The number of ether oxygens (including phenoxy) is 1. The number of halogens is 2. The Labute approximate surface area is 171 Å². The van der Waals surface area contributed by atoms with Crippen LogP contribution in [-0.4, -0.2) is 58.6 Å². The number of esters is 1. The van der Waals surface area contributed by atoms with Crippen molar-refractivity contribution in [2.45, 2.75) is 24.9 Å². The van der Waals surface area contributed by atoms with E-state index in [1.54, 1.807) is 0 Å². The molecule has 2 N–H and O–H groups in total. The van der Waals surface area contributed by atoms with Gasteiger partial charge in [-0.1, -0.05) is 12.1 Å². The van der Waals surface area contributed by atoms with Crippen LogP contribution in [0.3, 0.4) is 0 Å². The Morgan fingerprint density at radius 2 is 2.24 bits per heavy atom. The van der Waals surface area contributed by atoms with Crippen LogP contribution in [0.25, 0.3) is 0 Å². The predicted molar refractivity (Wildman–Crippen MR) is 105 cm³/mol. The largest absolute Gasteiger partial charge is 0.467 e. The lowest BCUT2D eigenvalue weighted by Crippen LogP contribution is -2.51. The van der Waals surface area contributed by atoms with E-state index < -0.39 is 35.7 Å². The van der Waals surface area contributed by atoms with Gasteiger partial charge in [-0.3, -0.25) is 0 Å². The number of carbonyl (C=O) groups is 2. The number of nitrogens with one attached hydrogen (secondary N) is 2. The number of fused-ring (bicyclic) bond motifs is 1. The van der Waals surface area contributed by atoms with Gasteiger partial charge in [-0.2, -0.15) is 11.8 Å². The Morgan fingerprint density at radius 1 is 1.45 bits per heavy atom. The number of hydrogen-bond acceptors (Lipinski definition) is 5. The number of rotatable bonds is 6. The summed E-state index contributed by atoms with van der Waals surface area (Å²) in [6.07, 6.45) is 4.22. The van der Waals surface area contributed by atoms with Crippen molar-refractivity contribution in [1.82, 2.24) is 20.2 Å². The van der Waals surface area contributed by atoms with Crippen LogP contribution >= 0.6 is 11.8 Å². The lowest BCUT2D eigenvalue weighted by Gasteiger charge is -2.36. The zero-order valence-electron chi connectivity index (χ0n) is 16.1. The number of hydrogen-bond donors (Lipinski definition) is 2. The van der Waals surface area contributed by atoms with Gasteiger partial charge in [0.05, 0.1) is 19.1 Å². The molecular formula is C19H22F2N4O3S. The van der Waals surface area contributed by atoms with Crippen molar-refractivity contribution in [2.75, 3.05) is 25.7 Å². The maximum atomic E-state index is 14.6. The molecule has 1 aliphatic rings. The molecule has 3 rings (SSSR count). The minimum atomic E-state index is -1.03. The van der Waals surface area contributed by atoms with E-state index in [2.05, 4.69) is 15.3 Å². The van der Waals surface area contributed by atoms with Gasteiger partial charge in [-0.15, -0.1) is 0 Å². The van der Waals surface area contributed by atoms with E-state index in [1.807, 2.05) is 6.26 Å². The van der Waals surface area contributed by atoms with Gasteiger partial charge in [0, 0.05) is 24.2 Å². The van der Waals surface area contributed by atoms with Gasteiger partial charge in [0.1, 0.15) is 12.1 Å². The summed E-state index contributed by atoms with van der Waals surface area (Å²) < 4.78 is 33.2. The zero-order valence-corrected chi connectivity index (χ0v) is 16.9. The number of imidazole rings is 1. The van der Waals surface area contributed by atoms with Crippen LogP contribution in [-0.2, 0) is 16.0 Å². The molecule has 0 aliphatic carbocycles. The SMILES string of the molecule is COC(=O)[C@H](CCSC)NC(=O)N1CCc2[nH]cnc2[C@H]1c1cccc(F)c1F. The molecule has 0 unspecified atom stereocenters. The van der Waals surface area contributed by atoms with Crippen molar-refractivity contribution in [2.24, 2.45) is 0 Å². The first-order chi connectivity index (χ1) is 14.0. The quantitative estimate of drug-likeness (QED) is 0.697. The minimum absolute atomic E-state index is 0.00642. The van der Waals surface area contributed by atoms with Gasteiger partial charge in [0.15, 0.2) is 11.6 Å². The summed E-state index contributed by atoms with van der Waals surface area (Å²) in [6, 6.07) is 1.52. The van der Waals surface area contributed by atoms with Gasteiger partial charge < -0.3 is 19.9 Å². The second-order valence-electron chi connectivity index (χ2n) is 6.56. The van der Waals surface area contributed by atoms with Crippen LogP contribution in [0.15, 0.2) is 24.5 Å². The van der Waals surface area contributed by atoms with Crippen molar-refractivity contribution in [3.63, 3.8) is 0 Å². The highest BCUT2D eigenvalue weighted by Crippen LogP contribution is 2.35. The third-order valence-corrected chi connectivity index (χ3v) is 5.50. The number of thioether (sulfide) groups is 1. The number of aromatic amines is 1. The Bertz CT molecular complexity index is 892. The molecule has 29 heavy (non-hydrogen) atoms. The number of carbonyl (C=O) groups excluding carboxylic acids is 2. The molecule has 10 heteroatoms. The Hall–Kier alpha value is -2.62. The molecule has 2 atom stereocenters. The van der Waals surface area contributed by atoms with Crippen LogP contribution in [0.4, 0.5) is 13.6 Å². The maximum absolute atomic E-state index is 14.6. The van der Waals surface area contributed by atoms with Crippen molar-refractivity contribution in [1.29, 1.82) is 0 Å². The van der Waals surface area contributed by atoms with Crippen molar-refractivity contribution in [3.05, 3.63) is 53.1 Å². The molecule has 0 saturated carbocycles. The van der Waals surface area contributed by atoms with E-state index in [0.29, 0.717) is 24.3 Å². The summed E-state index contributed by atoms with van der Waals surface area (Å²) in [5, 5.41) is 2.67. The number of nitrogens with zero attached hydrogens (tertiary/aromatic N) is 2. The molecule has 1 aromatic heterocycles. The summed E-state index contributed by atoms with van der Waals surface area (Å²) in [4.78, 5) is 33.7. The molecule has 1 aromatic carbocycles.